The summed E-state index contributed by atoms with van der Waals surface area (Å²) in [5.41, 5.74) is 1.42. The quantitative estimate of drug-likeness (QED) is 0.831. The molecule has 0 saturated carbocycles. The smallest absolute Gasteiger partial charge is 0.176 e. The van der Waals surface area contributed by atoms with Crippen LogP contribution in [-0.2, 0) is 9.84 Å². The summed E-state index contributed by atoms with van der Waals surface area (Å²) < 4.78 is 23.6. The lowest BCUT2D eigenvalue weighted by atomic mass is 10.1. The fourth-order valence-corrected chi connectivity index (χ4v) is 2.65. The first kappa shape index (κ1) is 11.5. The zero-order chi connectivity index (χ0) is 10.9. The summed E-state index contributed by atoms with van der Waals surface area (Å²) >= 11 is 3.24. The zero-order valence-electron chi connectivity index (χ0n) is 8.04. The molecule has 0 atom stereocenters. The lowest BCUT2D eigenvalue weighted by Gasteiger charge is -2.07. The third kappa shape index (κ3) is 2.45. The Morgan fingerprint density at radius 1 is 1.43 bits per heavy atom. The minimum Gasteiger partial charge on any atom is -0.224 e. The van der Waals surface area contributed by atoms with Crippen LogP contribution >= 0.6 is 15.9 Å². The van der Waals surface area contributed by atoms with Gasteiger partial charge in [-0.3, -0.25) is 0 Å². The number of benzene rings is 1. The molecule has 0 aromatic heterocycles. The molecule has 2 nitrogen and oxygen atoms in total. The Bertz CT molecular complexity index is 475. The van der Waals surface area contributed by atoms with Gasteiger partial charge < -0.3 is 0 Å². The Morgan fingerprint density at radius 2 is 2.00 bits per heavy atom. The van der Waals surface area contributed by atoms with Crippen molar-refractivity contribution in [3.05, 3.63) is 34.8 Å². The lowest BCUT2D eigenvalue weighted by Crippen LogP contribution is -2.01. The van der Waals surface area contributed by atoms with Gasteiger partial charge >= 0.3 is 0 Å². The molecular weight excluding hydrogens is 264 g/mol. The van der Waals surface area contributed by atoms with Crippen LogP contribution in [-0.4, -0.2) is 14.7 Å². The second-order valence-electron chi connectivity index (χ2n) is 3.19. The Kier molecular flexibility index (Phi) is 3.17. The van der Waals surface area contributed by atoms with Crippen molar-refractivity contribution < 1.29 is 8.42 Å². The van der Waals surface area contributed by atoms with Gasteiger partial charge in [-0.25, -0.2) is 8.42 Å². The summed E-state index contributed by atoms with van der Waals surface area (Å²) in [4.78, 5) is 0.319. The van der Waals surface area contributed by atoms with Crippen molar-refractivity contribution in [1.29, 1.82) is 0 Å². The molecule has 0 unspecified atom stereocenters. The maximum atomic E-state index is 11.4. The highest BCUT2D eigenvalue weighted by atomic mass is 79.9. The zero-order valence-corrected chi connectivity index (χ0v) is 10.4. The maximum absolute atomic E-state index is 11.4. The number of halogens is 1. The van der Waals surface area contributed by atoms with E-state index < -0.39 is 9.84 Å². The molecule has 0 heterocycles. The van der Waals surface area contributed by atoms with Crippen molar-refractivity contribution in [2.75, 3.05) is 6.26 Å². The molecule has 76 valence electrons. The van der Waals surface area contributed by atoms with Gasteiger partial charge in [0.25, 0.3) is 0 Å². The standard InChI is InChI=1S/C10H11BrO2S/c1-7(2)9-5-4-8(11)6-10(9)14(3,12)13/h4-6H,1H2,2-3H3. The van der Waals surface area contributed by atoms with E-state index in [0.29, 0.717) is 10.5 Å². The van der Waals surface area contributed by atoms with Crippen LogP contribution in [0.3, 0.4) is 0 Å². The molecule has 0 saturated heterocycles. The SMILES string of the molecule is C=C(C)c1ccc(Br)cc1S(C)(=O)=O. The molecule has 0 fully saturated rings. The highest BCUT2D eigenvalue weighted by Crippen LogP contribution is 2.25. The van der Waals surface area contributed by atoms with Crippen LogP contribution in [0.25, 0.3) is 5.57 Å². The van der Waals surface area contributed by atoms with Gasteiger partial charge in [0.2, 0.25) is 0 Å². The summed E-state index contributed by atoms with van der Waals surface area (Å²) in [6.45, 7) is 5.54. The first-order chi connectivity index (χ1) is 6.32. The third-order valence-corrected chi connectivity index (χ3v) is 3.43. The van der Waals surface area contributed by atoms with Gasteiger partial charge in [0.1, 0.15) is 0 Å². The normalized spacial score (nSPS) is 11.4. The average Bonchev–Trinajstić information content (AvgIpc) is 2.01. The number of allylic oxidation sites excluding steroid dienone is 1. The topological polar surface area (TPSA) is 34.1 Å². The van der Waals surface area contributed by atoms with E-state index >= 15 is 0 Å². The molecule has 0 bridgehead atoms. The first-order valence-corrected chi connectivity index (χ1v) is 6.66. The van der Waals surface area contributed by atoms with Crippen molar-refractivity contribution in [3.63, 3.8) is 0 Å². The fraction of sp³-hybridized carbons (Fsp3) is 0.200. The monoisotopic (exact) mass is 274 g/mol. The van der Waals surface area contributed by atoms with E-state index in [1.165, 1.54) is 6.26 Å². The van der Waals surface area contributed by atoms with E-state index in [2.05, 4.69) is 22.5 Å². The van der Waals surface area contributed by atoms with Crippen LogP contribution in [0.1, 0.15) is 12.5 Å². The Morgan fingerprint density at radius 3 is 2.43 bits per heavy atom. The summed E-state index contributed by atoms with van der Waals surface area (Å²) in [6, 6.07) is 5.15. The number of hydrogen-bond donors (Lipinski definition) is 0. The molecule has 1 rings (SSSR count). The van der Waals surface area contributed by atoms with E-state index in [-0.39, 0.29) is 0 Å². The van der Waals surface area contributed by atoms with E-state index in [1.54, 1.807) is 25.1 Å². The predicted molar refractivity (Wildman–Crippen MR) is 62.0 cm³/mol. The summed E-state index contributed by atoms with van der Waals surface area (Å²) in [7, 11) is -3.19. The predicted octanol–water partition coefficient (Wildman–Crippen LogP) is 2.89. The van der Waals surface area contributed by atoms with Crippen LogP contribution in [0.5, 0.6) is 0 Å². The van der Waals surface area contributed by atoms with Crippen LogP contribution in [0.4, 0.5) is 0 Å². The molecule has 1 aromatic rings. The number of rotatable bonds is 2. The van der Waals surface area contributed by atoms with Gasteiger partial charge in [-0.1, -0.05) is 28.6 Å². The van der Waals surface area contributed by atoms with Crippen molar-refractivity contribution in [2.45, 2.75) is 11.8 Å². The van der Waals surface area contributed by atoms with Crippen LogP contribution in [0.15, 0.2) is 34.1 Å². The maximum Gasteiger partial charge on any atom is 0.176 e. The molecule has 0 amide bonds. The van der Waals surface area contributed by atoms with E-state index in [0.717, 1.165) is 10.0 Å². The van der Waals surface area contributed by atoms with Gasteiger partial charge in [-0.05, 0) is 30.2 Å². The average molecular weight is 275 g/mol. The molecule has 0 N–H and O–H groups in total. The second-order valence-corrected chi connectivity index (χ2v) is 6.09. The van der Waals surface area contributed by atoms with Gasteiger partial charge in [-0.15, -0.1) is 0 Å². The summed E-state index contributed by atoms with van der Waals surface area (Å²) in [6.07, 6.45) is 1.20. The molecule has 14 heavy (non-hydrogen) atoms. The largest absolute Gasteiger partial charge is 0.224 e. The summed E-state index contributed by atoms with van der Waals surface area (Å²) in [5.74, 6) is 0. The lowest BCUT2D eigenvalue weighted by molar-refractivity contribution is 0.601. The molecule has 0 aliphatic heterocycles. The van der Waals surface area contributed by atoms with Gasteiger partial charge in [0.05, 0.1) is 4.90 Å². The molecule has 0 spiro atoms. The molecule has 0 aliphatic carbocycles. The van der Waals surface area contributed by atoms with Gasteiger partial charge in [0, 0.05) is 10.7 Å². The number of hydrogen-bond acceptors (Lipinski definition) is 2. The van der Waals surface area contributed by atoms with Crippen molar-refractivity contribution >= 4 is 31.3 Å². The van der Waals surface area contributed by atoms with E-state index in [1.807, 2.05) is 0 Å². The molecule has 0 radical (unpaired) electrons. The highest BCUT2D eigenvalue weighted by molar-refractivity contribution is 9.10. The molecule has 1 aromatic carbocycles. The van der Waals surface area contributed by atoms with Crippen molar-refractivity contribution in [2.24, 2.45) is 0 Å². The van der Waals surface area contributed by atoms with Gasteiger partial charge in [-0.2, -0.15) is 0 Å². The molecule has 4 heteroatoms. The van der Waals surface area contributed by atoms with Crippen LogP contribution in [0, 0.1) is 0 Å². The van der Waals surface area contributed by atoms with Crippen molar-refractivity contribution in [3.8, 4) is 0 Å². The molecule has 0 aliphatic rings. The van der Waals surface area contributed by atoms with E-state index in [9.17, 15) is 8.42 Å². The van der Waals surface area contributed by atoms with E-state index in [4.69, 9.17) is 0 Å². The Hall–Kier alpha value is -0.610. The van der Waals surface area contributed by atoms with Crippen LogP contribution < -0.4 is 0 Å². The fourth-order valence-electron chi connectivity index (χ4n) is 1.16. The van der Waals surface area contributed by atoms with Gasteiger partial charge in [0.15, 0.2) is 9.84 Å². The first-order valence-electron chi connectivity index (χ1n) is 3.98. The second kappa shape index (κ2) is 3.87. The minimum absolute atomic E-state index is 0.319. The summed E-state index contributed by atoms with van der Waals surface area (Å²) in [5, 5.41) is 0. The number of sulfone groups is 1. The Balaban J connectivity index is 3.54. The minimum atomic E-state index is -3.19. The Labute approximate surface area is 92.7 Å². The molecular formula is C10H11BrO2S. The van der Waals surface area contributed by atoms with Crippen LogP contribution in [0.2, 0.25) is 0 Å². The van der Waals surface area contributed by atoms with Crippen molar-refractivity contribution in [1.82, 2.24) is 0 Å². The third-order valence-electron chi connectivity index (χ3n) is 1.80. The highest BCUT2D eigenvalue weighted by Gasteiger charge is 2.13.